The predicted molar refractivity (Wildman–Crippen MR) is 113 cm³/mol. The number of para-hydroxylation sites is 1. The number of carbonyl (C=O) groups is 2. The second-order valence-electron chi connectivity index (χ2n) is 7.33. The maximum absolute atomic E-state index is 13.1. The summed E-state index contributed by atoms with van der Waals surface area (Å²) in [7, 11) is 3.45. The van der Waals surface area contributed by atoms with Crippen molar-refractivity contribution in [2.24, 2.45) is 0 Å². The SMILES string of the molecule is CN(C)C(=O)N1CCN(C(=O)c2nc(-c3ccccc3)n(-c3ccccc3)n2)CC1. The number of amides is 3. The van der Waals surface area contributed by atoms with Crippen LogP contribution in [-0.2, 0) is 0 Å². The average Bonchev–Trinajstić information content (AvgIpc) is 3.25. The highest BCUT2D eigenvalue weighted by Crippen LogP contribution is 2.21. The highest BCUT2D eigenvalue weighted by atomic mass is 16.2. The number of nitrogens with zero attached hydrogens (tertiary/aromatic N) is 6. The standard InChI is InChI=1S/C22H24N6O2/c1-25(2)22(30)27-15-13-26(14-16-27)21(29)19-23-20(17-9-5-3-6-10-17)28(24-19)18-11-7-4-8-12-18/h3-12H,13-16H2,1-2H3. The van der Waals surface area contributed by atoms with E-state index in [1.165, 1.54) is 0 Å². The summed E-state index contributed by atoms with van der Waals surface area (Å²) >= 11 is 0. The summed E-state index contributed by atoms with van der Waals surface area (Å²) in [5, 5.41) is 4.54. The molecule has 0 bridgehead atoms. The Balaban J connectivity index is 1.60. The van der Waals surface area contributed by atoms with E-state index in [1.807, 2.05) is 60.7 Å². The van der Waals surface area contributed by atoms with Gasteiger partial charge in [-0.05, 0) is 12.1 Å². The Morgan fingerprint density at radius 3 is 2.00 bits per heavy atom. The fourth-order valence-corrected chi connectivity index (χ4v) is 3.45. The van der Waals surface area contributed by atoms with Crippen LogP contribution in [0, 0.1) is 0 Å². The van der Waals surface area contributed by atoms with Crippen LogP contribution in [0.3, 0.4) is 0 Å². The van der Waals surface area contributed by atoms with Crippen molar-refractivity contribution in [2.75, 3.05) is 40.3 Å². The Bertz CT molecular complexity index is 967. The van der Waals surface area contributed by atoms with Gasteiger partial charge in [-0.1, -0.05) is 48.5 Å². The zero-order valence-electron chi connectivity index (χ0n) is 17.1. The molecule has 1 saturated heterocycles. The minimum atomic E-state index is -0.223. The third-order valence-electron chi connectivity index (χ3n) is 5.05. The number of aromatic nitrogens is 3. The fourth-order valence-electron chi connectivity index (χ4n) is 3.45. The molecule has 4 rings (SSSR count). The molecule has 8 heteroatoms. The van der Waals surface area contributed by atoms with Gasteiger partial charge in [-0.15, -0.1) is 5.10 Å². The van der Waals surface area contributed by atoms with Crippen LogP contribution in [0.1, 0.15) is 10.6 Å². The molecule has 3 aromatic rings. The molecular formula is C22H24N6O2. The van der Waals surface area contributed by atoms with Gasteiger partial charge in [-0.3, -0.25) is 4.79 Å². The van der Waals surface area contributed by atoms with Gasteiger partial charge in [0.15, 0.2) is 5.82 Å². The molecule has 3 amide bonds. The number of piperazine rings is 1. The molecule has 1 fully saturated rings. The van der Waals surface area contributed by atoms with Gasteiger partial charge in [0, 0.05) is 45.8 Å². The van der Waals surface area contributed by atoms with Crippen molar-refractivity contribution in [1.82, 2.24) is 29.5 Å². The van der Waals surface area contributed by atoms with Crippen LogP contribution in [0.4, 0.5) is 4.79 Å². The number of benzene rings is 2. The van der Waals surface area contributed by atoms with Gasteiger partial charge in [0.1, 0.15) is 0 Å². The molecule has 30 heavy (non-hydrogen) atoms. The van der Waals surface area contributed by atoms with E-state index < -0.39 is 0 Å². The Morgan fingerprint density at radius 2 is 1.40 bits per heavy atom. The van der Waals surface area contributed by atoms with E-state index >= 15 is 0 Å². The molecular weight excluding hydrogens is 380 g/mol. The summed E-state index contributed by atoms with van der Waals surface area (Å²) < 4.78 is 1.70. The van der Waals surface area contributed by atoms with Crippen molar-refractivity contribution in [3.05, 3.63) is 66.5 Å². The summed E-state index contributed by atoms with van der Waals surface area (Å²) in [6, 6.07) is 19.3. The van der Waals surface area contributed by atoms with Crippen molar-refractivity contribution in [3.8, 4) is 17.1 Å². The molecule has 2 heterocycles. The first kappa shape index (κ1) is 19.6. The maximum atomic E-state index is 13.1. The first-order valence-electron chi connectivity index (χ1n) is 9.88. The first-order valence-corrected chi connectivity index (χ1v) is 9.88. The number of carbonyl (C=O) groups excluding carboxylic acids is 2. The van der Waals surface area contributed by atoms with Crippen LogP contribution in [-0.4, -0.2) is 81.7 Å². The van der Waals surface area contributed by atoms with E-state index in [-0.39, 0.29) is 17.8 Å². The lowest BCUT2D eigenvalue weighted by atomic mass is 10.2. The molecule has 0 saturated carbocycles. The van der Waals surface area contributed by atoms with Gasteiger partial charge in [0.2, 0.25) is 5.82 Å². The number of hydrogen-bond acceptors (Lipinski definition) is 4. The molecule has 8 nitrogen and oxygen atoms in total. The normalized spacial score (nSPS) is 13.9. The van der Waals surface area contributed by atoms with E-state index in [0.29, 0.717) is 32.0 Å². The summed E-state index contributed by atoms with van der Waals surface area (Å²) in [4.78, 5) is 34.8. The third-order valence-corrected chi connectivity index (χ3v) is 5.05. The summed E-state index contributed by atoms with van der Waals surface area (Å²) in [5.74, 6) is 0.551. The van der Waals surface area contributed by atoms with Crippen LogP contribution in [0.5, 0.6) is 0 Å². The van der Waals surface area contributed by atoms with Gasteiger partial charge in [-0.25, -0.2) is 14.5 Å². The smallest absolute Gasteiger partial charge is 0.319 e. The number of urea groups is 1. The summed E-state index contributed by atoms with van der Waals surface area (Å²) in [6.45, 7) is 1.90. The second kappa shape index (κ2) is 8.36. The minimum absolute atomic E-state index is 0.0417. The highest BCUT2D eigenvalue weighted by Gasteiger charge is 2.28. The third kappa shape index (κ3) is 3.89. The van der Waals surface area contributed by atoms with Gasteiger partial charge in [-0.2, -0.15) is 0 Å². The molecule has 0 spiro atoms. The molecule has 0 atom stereocenters. The molecule has 0 radical (unpaired) electrons. The van der Waals surface area contributed by atoms with Gasteiger partial charge < -0.3 is 14.7 Å². The monoisotopic (exact) mass is 404 g/mol. The molecule has 2 aromatic carbocycles. The lowest BCUT2D eigenvalue weighted by Gasteiger charge is -2.35. The highest BCUT2D eigenvalue weighted by molar-refractivity contribution is 5.91. The number of hydrogen-bond donors (Lipinski definition) is 0. The van der Waals surface area contributed by atoms with Crippen molar-refractivity contribution < 1.29 is 9.59 Å². The lowest BCUT2D eigenvalue weighted by molar-refractivity contribution is 0.0638. The van der Waals surface area contributed by atoms with Crippen LogP contribution in [0.25, 0.3) is 17.1 Å². The molecule has 0 aliphatic carbocycles. The second-order valence-corrected chi connectivity index (χ2v) is 7.33. The van der Waals surface area contributed by atoms with Crippen molar-refractivity contribution in [3.63, 3.8) is 0 Å². The van der Waals surface area contributed by atoms with Crippen LogP contribution in [0.15, 0.2) is 60.7 Å². The maximum Gasteiger partial charge on any atom is 0.319 e. The fraction of sp³-hybridized carbons (Fsp3) is 0.273. The molecule has 0 unspecified atom stereocenters. The average molecular weight is 404 g/mol. The van der Waals surface area contributed by atoms with Crippen LogP contribution in [0.2, 0.25) is 0 Å². The van der Waals surface area contributed by atoms with E-state index in [9.17, 15) is 9.59 Å². The lowest BCUT2D eigenvalue weighted by Crippen LogP contribution is -2.53. The quantitative estimate of drug-likeness (QED) is 0.672. The van der Waals surface area contributed by atoms with E-state index in [0.717, 1.165) is 11.3 Å². The van der Waals surface area contributed by atoms with Crippen molar-refractivity contribution in [2.45, 2.75) is 0 Å². The summed E-state index contributed by atoms with van der Waals surface area (Å²) in [6.07, 6.45) is 0. The van der Waals surface area contributed by atoms with Crippen LogP contribution < -0.4 is 0 Å². The number of rotatable bonds is 3. The zero-order valence-corrected chi connectivity index (χ0v) is 17.1. The topological polar surface area (TPSA) is 74.6 Å². The largest absolute Gasteiger partial charge is 0.332 e. The molecule has 154 valence electrons. The zero-order chi connectivity index (χ0) is 21.1. The Morgan fingerprint density at radius 1 is 0.833 bits per heavy atom. The van der Waals surface area contributed by atoms with E-state index in [2.05, 4.69) is 10.1 Å². The Kier molecular flexibility index (Phi) is 5.47. The Labute approximate surface area is 175 Å². The van der Waals surface area contributed by atoms with E-state index in [1.54, 1.807) is 33.5 Å². The van der Waals surface area contributed by atoms with Gasteiger partial charge in [0.05, 0.1) is 5.69 Å². The van der Waals surface area contributed by atoms with Crippen molar-refractivity contribution >= 4 is 11.9 Å². The summed E-state index contributed by atoms with van der Waals surface area (Å²) in [5.41, 5.74) is 1.72. The van der Waals surface area contributed by atoms with Gasteiger partial charge in [0.25, 0.3) is 5.91 Å². The predicted octanol–water partition coefficient (Wildman–Crippen LogP) is 2.37. The molecule has 1 aromatic heterocycles. The Hall–Kier alpha value is -3.68. The van der Waals surface area contributed by atoms with Gasteiger partial charge >= 0.3 is 6.03 Å². The van der Waals surface area contributed by atoms with E-state index in [4.69, 9.17) is 0 Å². The van der Waals surface area contributed by atoms with Crippen LogP contribution >= 0.6 is 0 Å². The molecule has 1 aliphatic heterocycles. The molecule has 0 N–H and O–H groups in total. The van der Waals surface area contributed by atoms with Crippen molar-refractivity contribution in [1.29, 1.82) is 0 Å². The minimum Gasteiger partial charge on any atom is -0.332 e. The first-order chi connectivity index (χ1) is 14.5. The molecule has 1 aliphatic rings.